The standard InChI is InChI=1S/C9H9NO4S/c1-13-8-3-2-7(15(11)12)6-9(8)14-5-4-10/h2-3,6H,5H2,1H3,(H,11,12). The van der Waals surface area contributed by atoms with Crippen molar-refractivity contribution in [2.75, 3.05) is 13.7 Å². The van der Waals surface area contributed by atoms with Crippen molar-refractivity contribution in [3.63, 3.8) is 0 Å². The number of methoxy groups -OCH3 is 1. The van der Waals surface area contributed by atoms with Gasteiger partial charge in [-0.05, 0) is 12.1 Å². The predicted octanol–water partition coefficient (Wildman–Crippen LogP) is 1.18. The highest BCUT2D eigenvalue weighted by atomic mass is 32.2. The molecule has 0 aromatic heterocycles. The normalized spacial score (nSPS) is 11.5. The molecule has 0 saturated heterocycles. The largest absolute Gasteiger partial charge is 0.493 e. The Bertz CT molecular complexity index is 413. The van der Waals surface area contributed by atoms with E-state index < -0.39 is 11.1 Å². The Kier molecular flexibility index (Phi) is 4.09. The fraction of sp³-hybridized carbons (Fsp3) is 0.222. The van der Waals surface area contributed by atoms with E-state index in [2.05, 4.69) is 0 Å². The van der Waals surface area contributed by atoms with Gasteiger partial charge in [0.2, 0.25) is 0 Å². The van der Waals surface area contributed by atoms with Crippen LogP contribution in [0.5, 0.6) is 11.5 Å². The summed E-state index contributed by atoms with van der Waals surface area (Å²) in [6, 6.07) is 6.13. The number of nitrogens with zero attached hydrogens (tertiary/aromatic N) is 1. The predicted molar refractivity (Wildman–Crippen MR) is 53.1 cm³/mol. The molecule has 1 rings (SSSR count). The number of ether oxygens (including phenoxy) is 2. The number of nitriles is 1. The van der Waals surface area contributed by atoms with E-state index in [1.807, 2.05) is 0 Å². The van der Waals surface area contributed by atoms with Crippen LogP contribution in [-0.4, -0.2) is 22.5 Å². The topological polar surface area (TPSA) is 79.6 Å². The minimum atomic E-state index is -2.07. The summed E-state index contributed by atoms with van der Waals surface area (Å²) in [4.78, 5) is 0.198. The molecule has 0 aliphatic heterocycles. The van der Waals surface area contributed by atoms with Gasteiger partial charge in [-0.25, -0.2) is 4.21 Å². The molecule has 0 spiro atoms. The van der Waals surface area contributed by atoms with Crippen molar-refractivity contribution in [2.24, 2.45) is 0 Å². The van der Waals surface area contributed by atoms with Crippen molar-refractivity contribution >= 4 is 11.1 Å². The number of hydrogen-bond acceptors (Lipinski definition) is 4. The van der Waals surface area contributed by atoms with Crippen LogP contribution in [0.25, 0.3) is 0 Å². The van der Waals surface area contributed by atoms with Crippen LogP contribution < -0.4 is 9.47 Å². The van der Waals surface area contributed by atoms with Crippen LogP contribution in [0.1, 0.15) is 0 Å². The van der Waals surface area contributed by atoms with E-state index >= 15 is 0 Å². The molecule has 1 unspecified atom stereocenters. The lowest BCUT2D eigenvalue weighted by atomic mass is 10.3. The van der Waals surface area contributed by atoms with E-state index in [4.69, 9.17) is 19.3 Å². The average molecular weight is 227 g/mol. The Morgan fingerprint density at radius 2 is 2.27 bits per heavy atom. The Labute approximate surface area is 89.5 Å². The first-order valence-electron chi connectivity index (χ1n) is 3.97. The Morgan fingerprint density at radius 1 is 1.53 bits per heavy atom. The molecule has 0 radical (unpaired) electrons. The lowest BCUT2D eigenvalue weighted by Crippen LogP contribution is -1.98. The van der Waals surface area contributed by atoms with Crippen LogP contribution in [0.15, 0.2) is 23.1 Å². The second-order valence-corrected chi connectivity index (χ2v) is 3.48. The molecule has 0 fully saturated rings. The third-order valence-corrected chi connectivity index (χ3v) is 2.29. The minimum Gasteiger partial charge on any atom is -0.493 e. The quantitative estimate of drug-likeness (QED) is 0.781. The molecule has 1 atom stereocenters. The lowest BCUT2D eigenvalue weighted by Gasteiger charge is -2.08. The first-order valence-corrected chi connectivity index (χ1v) is 5.08. The van der Waals surface area contributed by atoms with Crippen molar-refractivity contribution in [1.29, 1.82) is 5.26 Å². The highest BCUT2D eigenvalue weighted by Gasteiger charge is 2.08. The van der Waals surface area contributed by atoms with Crippen molar-refractivity contribution in [1.82, 2.24) is 0 Å². The van der Waals surface area contributed by atoms with Gasteiger partial charge in [0.15, 0.2) is 29.2 Å². The monoisotopic (exact) mass is 227 g/mol. The Hall–Kier alpha value is -1.58. The number of benzene rings is 1. The van der Waals surface area contributed by atoms with Gasteiger partial charge in [-0.2, -0.15) is 5.26 Å². The van der Waals surface area contributed by atoms with Crippen LogP contribution in [0.3, 0.4) is 0 Å². The summed E-state index contributed by atoms with van der Waals surface area (Å²) in [5.41, 5.74) is 0. The van der Waals surface area contributed by atoms with Crippen LogP contribution >= 0.6 is 0 Å². The highest BCUT2D eigenvalue weighted by molar-refractivity contribution is 7.79. The van der Waals surface area contributed by atoms with E-state index in [1.165, 1.54) is 25.3 Å². The summed E-state index contributed by atoms with van der Waals surface area (Å²) in [5.74, 6) is 0.693. The molecule has 0 saturated carbocycles. The average Bonchev–Trinajstić information content (AvgIpc) is 2.25. The summed E-state index contributed by atoms with van der Waals surface area (Å²) in [7, 11) is 1.45. The maximum Gasteiger partial charge on any atom is 0.186 e. The minimum absolute atomic E-state index is 0.141. The zero-order valence-electron chi connectivity index (χ0n) is 7.97. The zero-order valence-corrected chi connectivity index (χ0v) is 8.78. The molecule has 0 amide bonds. The third kappa shape index (κ3) is 2.94. The van der Waals surface area contributed by atoms with Crippen LogP contribution in [0.4, 0.5) is 0 Å². The second kappa shape index (κ2) is 5.34. The van der Waals surface area contributed by atoms with Gasteiger partial charge >= 0.3 is 0 Å². The zero-order chi connectivity index (χ0) is 11.3. The molecular formula is C9H9NO4S. The molecule has 0 aliphatic carbocycles. The molecule has 80 valence electrons. The lowest BCUT2D eigenvalue weighted by molar-refractivity contribution is 0.328. The van der Waals surface area contributed by atoms with Gasteiger partial charge in [-0.3, -0.25) is 0 Å². The van der Waals surface area contributed by atoms with Gasteiger partial charge in [0.25, 0.3) is 0 Å². The SMILES string of the molecule is COc1ccc(S(=O)O)cc1OCC#N. The van der Waals surface area contributed by atoms with Gasteiger partial charge in [0, 0.05) is 6.07 Å². The first-order chi connectivity index (χ1) is 7.19. The Balaban J connectivity index is 3.03. The Morgan fingerprint density at radius 3 is 2.80 bits per heavy atom. The second-order valence-electron chi connectivity index (χ2n) is 2.51. The molecule has 0 aliphatic rings. The summed E-state index contributed by atoms with van der Waals surface area (Å²) >= 11 is -2.07. The third-order valence-electron chi connectivity index (χ3n) is 1.63. The smallest absolute Gasteiger partial charge is 0.186 e. The summed E-state index contributed by atoms with van der Waals surface area (Å²) < 4.78 is 29.6. The molecule has 15 heavy (non-hydrogen) atoms. The summed E-state index contributed by atoms with van der Waals surface area (Å²) in [6.07, 6.45) is 0. The summed E-state index contributed by atoms with van der Waals surface area (Å²) in [6.45, 7) is -0.141. The van der Waals surface area contributed by atoms with E-state index in [0.29, 0.717) is 5.75 Å². The fourth-order valence-electron chi connectivity index (χ4n) is 0.988. The van der Waals surface area contributed by atoms with Crippen LogP contribution in [-0.2, 0) is 11.1 Å². The molecule has 5 nitrogen and oxygen atoms in total. The van der Waals surface area contributed by atoms with Gasteiger partial charge in [-0.1, -0.05) is 0 Å². The maximum absolute atomic E-state index is 10.8. The molecule has 6 heteroatoms. The van der Waals surface area contributed by atoms with Gasteiger partial charge < -0.3 is 14.0 Å². The summed E-state index contributed by atoms with van der Waals surface area (Å²) in [5, 5.41) is 8.34. The highest BCUT2D eigenvalue weighted by Crippen LogP contribution is 2.28. The van der Waals surface area contributed by atoms with Crippen molar-refractivity contribution in [3.05, 3.63) is 18.2 Å². The van der Waals surface area contributed by atoms with E-state index in [-0.39, 0.29) is 17.3 Å². The van der Waals surface area contributed by atoms with Gasteiger partial charge in [-0.15, -0.1) is 0 Å². The molecule has 1 aromatic rings. The van der Waals surface area contributed by atoms with Crippen molar-refractivity contribution < 1.29 is 18.2 Å². The van der Waals surface area contributed by atoms with Gasteiger partial charge in [0.05, 0.1) is 12.0 Å². The maximum atomic E-state index is 10.8. The van der Waals surface area contributed by atoms with E-state index in [0.717, 1.165) is 0 Å². The molecule has 0 heterocycles. The van der Waals surface area contributed by atoms with Crippen LogP contribution in [0, 0.1) is 11.3 Å². The van der Waals surface area contributed by atoms with Crippen molar-refractivity contribution in [2.45, 2.75) is 4.90 Å². The van der Waals surface area contributed by atoms with Crippen molar-refractivity contribution in [3.8, 4) is 17.6 Å². The number of hydrogen-bond donors (Lipinski definition) is 1. The molecule has 0 bridgehead atoms. The molecule has 1 aromatic carbocycles. The van der Waals surface area contributed by atoms with E-state index in [1.54, 1.807) is 6.07 Å². The molecule has 1 N–H and O–H groups in total. The van der Waals surface area contributed by atoms with E-state index in [9.17, 15) is 4.21 Å². The molecular weight excluding hydrogens is 218 g/mol. The first kappa shape index (κ1) is 11.5. The fourth-order valence-corrected chi connectivity index (χ4v) is 1.38. The van der Waals surface area contributed by atoms with Gasteiger partial charge in [0.1, 0.15) is 6.07 Å². The number of rotatable bonds is 4. The van der Waals surface area contributed by atoms with Crippen LogP contribution in [0.2, 0.25) is 0 Å².